The number of carbonyl (C=O) groups is 1. The number of hydrogen-bond acceptors (Lipinski definition) is 7. The van der Waals surface area contributed by atoms with Crippen LogP contribution in [0.2, 0.25) is 0 Å². The van der Waals surface area contributed by atoms with E-state index in [2.05, 4.69) is 30.6 Å². The number of hydrogen-bond donors (Lipinski definition) is 3. The van der Waals surface area contributed by atoms with Crippen LogP contribution in [0, 0.1) is 6.92 Å². The van der Waals surface area contributed by atoms with Crippen molar-refractivity contribution in [3.63, 3.8) is 0 Å². The number of nitrogens with one attached hydrogen (secondary N) is 2. The van der Waals surface area contributed by atoms with Crippen molar-refractivity contribution in [1.82, 2.24) is 35.3 Å². The van der Waals surface area contributed by atoms with E-state index in [1.807, 2.05) is 37.4 Å². The first-order chi connectivity index (χ1) is 14.6. The summed E-state index contributed by atoms with van der Waals surface area (Å²) in [6.45, 7) is 2.81. The van der Waals surface area contributed by atoms with Gasteiger partial charge in [-0.25, -0.2) is 9.97 Å². The number of thiazole rings is 1. The van der Waals surface area contributed by atoms with E-state index in [4.69, 9.17) is 5.73 Å². The number of carbonyl (C=O) groups excluding carboxylic acids is 1. The fraction of sp³-hybridized carbons (Fsp3) is 0.150. The molecule has 5 aromatic rings. The second-order valence-corrected chi connectivity index (χ2v) is 7.91. The highest BCUT2D eigenvalue weighted by atomic mass is 32.1. The molecule has 10 heteroatoms. The molecule has 4 aromatic heterocycles. The molecule has 150 valence electrons. The van der Waals surface area contributed by atoms with E-state index < -0.39 is 0 Å². The Morgan fingerprint density at radius 1 is 1.27 bits per heavy atom. The van der Waals surface area contributed by atoms with Gasteiger partial charge in [-0.2, -0.15) is 10.2 Å². The van der Waals surface area contributed by atoms with E-state index in [1.54, 1.807) is 16.3 Å². The number of pyridine rings is 1. The number of fused-ring (bicyclic) bond motifs is 3. The van der Waals surface area contributed by atoms with E-state index in [0.29, 0.717) is 30.1 Å². The maximum absolute atomic E-state index is 12.1. The molecular weight excluding hydrogens is 400 g/mol. The van der Waals surface area contributed by atoms with Crippen LogP contribution in [0.4, 0.5) is 5.82 Å². The number of amides is 1. The molecular formula is C20H18N8OS. The van der Waals surface area contributed by atoms with E-state index in [9.17, 15) is 4.79 Å². The Hall–Kier alpha value is -3.79. The minimum atomic E-state index is -0.186. The Kier molecular flexibility index (Phi) is 4.40. The van der Waals surface area contributed by atoms with Crippen LogP contribution in [0.25, 0.3) is 33.1 Å². The molecule has 0 atom stereocenters. The topological polar surface area (TPSA) is 127 Å². The zero-order valence-corrected chi connectivity index (χ0v) is 16.9. The monoisotopic (exact) mass is 418 g/mol. The van der Waals surface area contributed by atoms with Crippen molar-refractivity contribution in [1.29, 1.82) is 0 Å². The molecule has 0 unspecified atom stereocenters. The fourth-order valence-electron chi connectivity index (χ4n) is 3.38. The average Bonchev–Trinajstić information content (AvgIpc) is 3.48. The number of aryl methyl sites for hydroxylation is 1. The number of nitrogens with two attached hydrogens (primary N) is 1. The largest absolute Gasteiger partial charge is 0.382 e. The molecule has 5 rings (SSSR count). The predicted octanol–water partition coefficient (Wildman–Crippen LogP) is 2.75. The van der Waals surface area contributed by atoms with Crippen molar-refractivity contribution < 1.29 is 4.79 Å². The second-order valence-electron chi connectivity index (χ2n) is 6.85. The molecule has 0 aliphatic heterocycles. The highest BCUT2D eigenvalue weighted by molar-refractivity contribution is 7.09. The SMILES string of the molecule is Cc1nc(C(=O)NCCn2cc3c(n2)c(N)nc2cc(-c4cc[nH]n4)ccc23)cs1. The molecule has 0 fully saturated rings. The molecule has 0 saturated carbocycles. The van der Waals surface area contributed by atoms with Gasteiger partial charge in [-0.3, -0.25) is 14.6 Å². The first-order valence-electron chi connectivity index (χ1n) is 9.35. The summed E-state index contributed by atoms with van der Waals surface area (Å²) in [6.07, 6.45) is 3.71. The van der Waals surface area contributed by atoms with Crippen LogP contribution in [0.1, 0.15) is 15.5 Å². The fourth-order valence-corrected chi connectivity index (χ4v) is 3.97. The smallest absolute Gasteiger partial charge is 0.270 e. The Labute approximate surface area is 175 Å². The van der Waals surface area contributed by atoms with Gasteiger partial charge in [0.15, 0.2) is 5.82 Å². The normalized spacial score (nSPS) is 11.4. The maximum Gasteiger partial charge on any atom is 0.270 e. The summed E-state index contributed by atoms with van der Waals surface area (Å²) in [5.41, 5.74) is 9.86. The van der Waals surface area contributed by atoms with Gasteiger partial charge in [0.1, 0.15) is 11.2 Å². The standard InChI is InChI=1S/C20H18N8OS/c1-11-24-17(10-30-11)20(29)22-6-7-28-9-14-13-3-2-12(15-4-5-23-26-15)8-16(13)25-19(21)18(14)27-28/h2-5,8-10H,6-7H2,1H3,(H2,21,25)(H,22,29)(H,23,26). The summed E-state index contributed by atoms with van der Waals surface area (Å²) in [7, 11) is 0. The van der Waals surface area contributed by atoms with Gasteiger partial charge in [0.2, 0.25) is 0 Å². The van der Waals surface area contributed by atoms with Gasteiger partial charge >= 0.3 is 0 Å². The lowest BCUT2D eigenvalue weighted by Gasteiger charge is -2.03. The zero-order chi connectivity index (χ0) is 20.7. The van der Waals surface area contributed by atoms with Crippen LogP contribution in [0.15, 0.2) is 42.0 Å². The highest BCUT2D eigenvalue weighted by Crippen LogP contribution is 2.29. The highest BCUT2D eigenvalue weighted by Gasteiger charge is 2.13. The first kappa shape index (κ1) is 18.3. The van der Waals surface area contributed by atoms with Gasteiger partial charge in [0, 0.05) is 40.7 Å². The number of H-pyrrole nitrogens is 1. The number of nitrogens with zero attached hydrogens (tertiary/aromatic N) is 5. The molecule has 0 bridgehead atoms. The molecule has 0 saturated heterocycles. The molecule has 0 spiro atoms. The van der Waals surface area contributed by atoms with Gasteiger partial charge in [0.25, 0.3) is 5.91 Å². The Balaban J connectivity index is 1.40. The third kappa shape index (κ3) is 3.26. The third-order valence-electron chi connectivity index (χ3n) is 4.81. The molecule has 30 heavy (non-hydrogen) atoms. The third-order valence-corrected chi connectivity index (χ3v) is 5.58. The van der Waals surface area contributed by atoms with Gasteiger partial charge in [-0.15, -0.1) is 11.3 Å². The minimum Gasteiger partial charge on any atom is -0.382 e. The lowest BCUT2D eigenvalue weighted by molar-refractivity contribution is 0.0947. The van der Waals surface area contributed by atoms with Gasteiger partial charge in [-0.05, 0) is 19.1 Å². The van der Waals surface area contributed by atoms with Crippen molar-refractivity contribution in [3.05, 3.63) is 52.7 Å². The molecule has 9 nitrogen and oxygen atoms in total. The summed E-state index contributed by atoms with van der Waals surface area (Å²) >= 11 is 1.45. The molecule has 0 aliphatic rings. The van der Waals surface area contributed by atoms with Crippen molar-refractivity contribution in [2.24, 2.45) is 0 Å². The van der Waals surface area contributed by atoms with Crippen molar-refractivity contribution in [3.8, 4) is 11.3 Å². The summed E-state index contributed by atoms with van der Waals surface area (Å²) < 4.78 is 1.77. The van der Waals surface area contributed by atoms with Crippen molar-refractivity contribution in [2.45, 2.75) is 13.5 Å². The van der Waals surface area contributed by atoms with Crippen molar-refractivity contribution >= 4 is 44.9 Å². The van der Waals surface area contributed by atoms with E-state index in [-0.39, 0.29) is 5.91 Å². The number of nitrogen functional groups attached to an aromatic ring is 1. The van der Waals surface area contributed by atoms with Crippen LogP contribution in [0.5, 0.6) is 0 Å². The molecule has 4 heterocycles. The second kappa shape index (κ2) is 7.23. The van der Waals surface area contributed by atoms with Crippen molar-refractivity contribution in [2.75, 3.05) is 12.3 Å². The summed E-state index contributed by atoms with van der Waals surface area (Å²) in [4.78, 5) is 20.9. The van der Waals surface area contributed by atoms with E-state index in [0.717, 1.165) is 32.6 Å². The van der Waals surface area contributed by atoms with Crippen LogP contribution < -0.4 is 11.1 Å². The van der Waals surface area contributed by atoms with Gasteiger partial charge < -0.3 is 11.1 Å². The number of rotatable bonds is 5. The first-order valence-corrected chi connectivity index (χ1v) is 10.2. The lowest BCUT2D eigenvalue weighted by atomic mass is 10.1. The number of aromatic nitrogens is 6. The van der Waals surface area contributed by atoms with Crippen LogP contribution in [0.3, 0.4) is 0 Å². The Bertz CT molecular complexity index is 1370. The Morgan fingerprint density at radius 2 is 2.17 bits per heavy atom. The molecule has 0 radical (unpaired) electrons. The summed E-state index contributed by atoms with van der Waals surface area (Å²) in [5, 5.41) is 19.0. The number of aromatic amines is 1. The van der Waals surface area contributed by atoms with Crippen LogP contribution in [-0.2, 0) is 6.54 Å². The van der Waals surface area contributed by atoms with E-state index in [1.165, 1.54) is 11.3 Å². The minimum absolute atomic E-state index is 0.186. The maximum atomic E-state index is 12.1. The molecule has 4 N–H and O–H groups in total. The lowest BCUT2D eigenvalue weighted by Crippen LogP contribution is -2.27. The number of anilines is 1. The molecule has 0 aliphatic carbocycles. The Morgan fingerprint density at radius 3 is 2.93 bits per heavy atom. The number of benzene rings is 1. The zero-order valence-electron chi connectivity index (χ0n) is 16.1. The quantitative estimate of drug-likeness (QED) is 0.403. The van der Waals surface area contributed by atoms with E-state index >= 15 is 0 Å². The van der Waals surface area contributed by atoms with Gasteiger partial charge in [-0.1, -0.05) is 12.1 Å². The predicted molar refractivity (Wildman–Crippen MR) is 116 cm³/mol. The molecule has 1 aromatic carbocycles. The summed E-state index contributed by atoms with van der Waals surface area (Å²) in [5.74, 6) is 0.186. The summed E-state index contributed by atoms with van der Waals surface area (Å²) in [6, 6.07) is 7.88. The molecule has 1 amide bonds. The van der Waals surface area contributed by atoms with Crippen LogP contribution >= 0.6 is 11.3 Å². The van der Waals surface area contributed by atoms with Crippen LogP contribution in [-0.4, -0.2) is 42.4 Å². The average molecular weight is 418 g/mol. The van der Waals surface area contributed by atoms with Gasteiger partial charge in [0.05, 0.1) is 22.8 Å².